The molecule has 0 N–H and O–H groups in total. The molecule has 16 heavy (non-hydrogen) atoms. The van der Waals surface area contributed by atoms with E-state index in [-0.39, 0.29) is 0 Å². The maximum atomic E-state index is 8.43. The summed E-state index contributed by atoms with van der Waals surface area (Å²) in [5.41, 5.74) is 3.86. The van der Waals surface area contributed by atoms with Crippen molar-refractivity contribution in [2.75, 3.05) is 5.75 Å². The Balaban J connectivity index is 2.48. The van der Waals surface area contributed by atoms with Gasteiger partial charge in [-0.05, 0) is 19.4 Å². The lowest BCUT2D eigenvalue weighted by atomic mass is 10.1. The van der Waals surface area contributed by atoms with E-state index in [1.807, 2.05) is 0 Å². The third-order valence-electron chi connectivity index (χ3n) is 1.89. The zero-order valence-corrected chi connectivity index (χ0v) is 11.8. The molecule has 1 aromatic rings. The van der Waals surface area contributed by atoms with Gasteiger partial charge in [-0.25, -0.2) is 0 Å². The van der Waals surface area contributed by atoms with Crippen LogP contribution >= 0.6 is 35.7 Å². The Hall–Kier alpha value is -0.500. The van der Waals surface area contributed by atoms with Gasteiger partial charge in [-0.15, -0.1) is 11.8 Å². The van der Waals surface area contributed by atoms with E-state index in [1.54, 1.807) is 11.8 Å². The zero-order valence-electron chi connectivity index (χ0n) is 9.32. The second-order valence-corrected chi connectivity index (χ2v) is 6.64. The Morgan fingerprint density at radius 3 is 2.44 bits per heavy atom. The molecule has 1 nitrogen and oxygen atoms in total. The van der Waals surface area contributed by atoms with Gasteiger partial charge in [0.15, 0.2) is 0 Å². The van der Waals surface area contributed by atoms with Crippen molar-refractivity contribution in [1.29, 1.82) is 5.26 Å². The van der Waals surface area contributed by atoms with Gasteiger partial charge in [0, 0.05) is 5.75 Å². The smallest absolute Gasteiger partial charge is 0.105 e. The van der Waals surface area contributed by atoms with Crippen LogP contribution in [0, 0.1) is 25.2 Å². The SMILES string of the molecule is Cc1cc(C)cc(CSC(=S)SCC#N)c1. The quantitative estimate of drug-likeness (QED) is 0.770. The molecule has 0 amide bonds. The lowest BCUT2D eigenvalue weighted by molar-refractivity contribution is 1.30. The summed E-state index contributed by atoms with van der Waals surface area (Å²) in [5, 5.41) is 8.43. The average molecular weight is 267 g/mol. The summed E-state index contributed by atoms with van der Waals surface area (Å²) in [7, 11) is 0. The number of rotatable bonds is 3. The van der Waals surface area contributed by atoms with Gasteiger partial charge >= 0.3 is 0 Å². The second-order valence-electron chi connectivity index (χ2n) is 3.48. The molecule has 84 valence electrons. The van der Waals surface area contributed by atoms with Crippen molar-refractivity contribution < 1.29 is 0 Å². The molecule has 0 unspecified atom stereocenters. The average Bonchev–Trinajstić information content (AvgIpc) is 2.22. The normalized spacial score (nSPS) is 9.81. The van der Waals surface area contributed by atoms with Crippen molar-refractivity contribution in [2.24, 2.45) is 0 Å². The largest absolute Gasteiger partial charge is 0.197 e. The highest BCUT2D eigenvalue weighted by Gasteiger charge is 2.01. The highest BCUT2D eigenvalue weighted by molar-refractivity contribution is 8.47. The van der Waals surface area contributed by atoms with Gasteiger partial charge < -0.3 is 0 Å². The highest BCUT2D eigenvalue weighted by atomic mass is 32.2. The Bertz CT molecular complexity index is 401. The molecule has 0 fully saturated rings. The monoisotopic (exact) mass is 267 g/mol. The number of hydrogen-bond acceptors (Lipinski definition) is 4. The van der Waals surface area contributed by atoms with E-state index < -0.39 is 0 Å². The van der Waals surface area contributed by atoms with Gasteiger partial charge in [-0.3, -0.25) is 0 Å². The topological polar surface area (TPSA) is 23.8 Å². The van der Waals surface area contributed by atoms with E-state index in [9.17, 15) is 0 Å². The Kier molecular flexibility index (Phi) is 5.89. The van der Waals surface area contributed by atoms with Crippen molar-refractivity contribution >= 4 is 39.3 Å². The summed E-state index contributed by atoms with van der Waals surface area (Å²) >= 11 is 8.23. The molecule has 0 bridgehead atoms. The number of benzene rings is 1. The molecule has 0 radical (unpaired) electrons. The minimum atomic E-state index is 0.443. The third-order valence-corrected chi connectivity index (χ3v) is 4.53. The summed E-state index contributed by atoms with van der Waals surface area (Å²) in [6, 6.07) is 8.60. The van der Waals surface area contributed by atoms with Gasteiger partial charge in [0.05, 0.1) is 11.8 Å². The number of nitriles is 1. The number of thiocarbonyl (C=S) groups is 1. The van der Waals surface area contributed by atoms with Crippen LogP contribution < -0.4 is 0 Å². The van der Waals surface area contributed by atoms with Crippen LogP contribution in [0.3, 0.4) is 0 Å². The van der Waals surface area contributed by atoms with Gasteiger partial charge in [-0.1, -0.05) is 53.3 Å². The molecule has 0 saturated carbocycles. The van der Waals surface area contributed by atoms with Gasteiger partial charge in [0.1, 0.15) is 3.53 Å². The van der Waals surface area contributed by atoms with E-state index >= 15 is 0 Å². The maximum Gasteiger partial charge on any atom is 0.105 e. The van der Waals surface area contributed by atoms with Gasteiger partial charge in [-0.2, -0.15) is 5.26 Å². The number of nitrogens with zero attached hydrogens (tertiary/aromatic N) is 1. The summed E-state index contributed by atoms with van der Waals surface area (Å²) in [5.74, 6) is 1.33. The zero-order chi connectivity index (χ0) is 12.0. The fourth-order valence-corrected chi connectivity index (χ4v) is 3.10. The molecule has 0 saturated heterocycles. The molecule has 0 atom stereocenters. The number of hydrogen-bond donors (Lipinski definition) is 0. The van der Waals surface area contributed by atoms with Crippen molar-refractivity contribution in [3.05, 3.63) is 34.9 Å². The lowest BCUT2D eigenvalue weighted by Gasteiger charge is -2.04. The van der Waals surface area contributed by atoms with Crippen LogP contribution in [0.15, 0.2) is 18.2 Å². The molecule has 0 aliphatic rings. The molecular weight excluding hydrogens is 254 g/mol. The molecule has 1 rings (SSSR count). The first kappa shape index (κ1) is 13.6. The molecule has 0 spiro atoms. The predicted molar refractivity (Wildman–Crippen MR) is 77.9 cm³/mol. The summed E-state index contributed by atoms with van der Waals surface area (Å²) in [6.07, 6.45) is 0. The molecule has 0 aliphatic heterocycles. The number of aryl methyl sites for hydroxylation is 2. The summed E-state index contributed by atoms with van der Waals surface area (Å²) in [6.45, 7) is 4.20. The van der Waals surface area contributed by atoms with Crippen molar-refractivity contribution in [3.63, 3.8) is 0 Å². The van der Waals surface area contributed by atoms with Crippen molar-refractivity contribution in [1.82, 2.24) is 0 Å². The third kappa shape index (κ3) is 5.02. The Morgan fingerprint density at radius 2 is 1.88 bits per heavy atom. The summed E-state index contributed by atoms with van der Waals surface area (Å²) in [4.78, 5) is 0. The van der Waals surface area contributed by atoms with E-state index in [4.69, 9.17) is 17.5 Å². The first-order chi connectivity index (χ1) is 7.61. The second kappa shape index (κ2) is 6.95. The molecule has 1 aromatic carbocycles. The highest BCUT2D eigenvalue weighted by Crippen LogP contribution is 2.22. The van der Waals surface area contributed by atoms with E-state index in [0.717, 1.165) is 9.28 Å². The van der Waals surface area contributed by atoms with Crippen LogP contribution in [0.4, 0.5) is 0 Å². The fraction of sp³-hybridized carbons (Fsp3) is 0.333. The van der Waals surface area contributed by atoms with Crippen molar-refractivity contribution in [2.45, 2.75) is 19.6 Å². The van der Waals surface area contributed by atoms with Crippen LogP contribution in [0.1, 0.15) is 16.7 Å². The van der Waals surface area contributed by atoms with Gasteiger partial charge in [0.2, 0.25) is 0 Å². The molecular formula is C12H13NS3. The standard InChI is InChI=1S/C12H13NS3/c1-9-5-10(2)7-11(6-9)8-16-12(14)15-4-3-13/h5-7H,4,8H2,1-2H3. The van der Waals surface area contributed by atoms with Crippen LogP contribution in [0.25, 0.3) is 0 Å². The first-order valence-electron chi connectivity index (χ1n) is 4.85. The van der Waals surface area contributed by atoms with E-state index in [1.165, 1.54) is 28.5 Å². The molecule has 0 heterocycles. The Morgan fingerprint density at radius 1 is 1.25 bits per heavy atom. The molecule has 0 aliphatic carbocycles. The predicted octanol–water partition coefficient (Wildman–Crippen LogP) is 4.08. The minimum Gasteiger partial charge on any atom is -0.197 e. The van der Waals surface area contributed by atoms with Crippen LogP contribution in [0.2, 0.25) is 0 Å². The maximum absolute atomic E-state index is 8.43. The Labute approximate surface area is 111 Å². The molecule has 4 heteroatoms. The van der Waals surface area contributed by atoms with E-state index in [0.29, 0.717) is 5.75 Å². The minimum absolute atomic E-state index is 0.443. The van der Waals surface area contributed by atoms with Crippen LogP contribution in [0.5, 0.6) is 0 Å². The van der Waals surface area contributed by atoms with Crippen LogP contribution in [-0.4, -0.2) is 9.28 Å². The lowest BCUT2D eigenvalue weighted by Crippen LogP contribution is -1.88. The van der Waals surface area contributed by atoms with E-state index in [2.05, 4.69) is 38.1 Å². The van der Waals surface area contributed by atoms with Crippen LogP contribution in [-0.2, 0) is 5.75 Å². The fourth-order valence-electron chi connectivity index (χ4n) is 1.43. The number of thioether (sulfide) groups is 2. The first-order valence-corrected chi connectivity index (χ1v) is 7.23. The van der Waals surface area contributed by atoms with Gasteiger partial charge in [0.25, 0.3) is 0 Å². The molecule has 0 aromatic heterocycles. The van der Waals surface area contributed by atoms with Crippen molar-refractivity contribution in [3.8, 4) is 6.07 Å². The summed E-state index contributed by atoms with van der Waals surface area (Å²) < 4.78 is 0.848.